The molecule has 0 aliphatic carbocycles. The summed E-state index contributed by atoms with van der Waals surface area (Å²) in [6.07, 6.45) is -0.822. The average molecular weight is 338 g/mol. The summed E-state index contributed by atoms with van der Waals surface area (Å²) in [6, 6.07) is 12.8. The van der Waals surface area contributed by atoms with Gasteiger partial charge in [0.15, 0.2) is 6.10 Å². The van der Waals surface area contributed by atoms with Gasteiger partial charge >= 0.3 is 5.97 Å². The summed E-state index contributed by atoms with van der Waals surface area (Å²) in [7, 11) is 0. The number of aryl methyl sites for hydroxylation is 2. The Hall–Kier alpha value is -2.42. The first-order chi connectivity index (χ1) is 11.6. The molecule has 3 heteroatoms. The lowest BCUT2D eigenvalue weighted by atomic mass is 9.87. The molecular weight excluding hydrogens is 312 g/mol. The van der Waals surface area contributed by atoms with Gasteiger partial charge in [0.25, 0.3) is 0 Å². The van der Waals surface area contributed by atoms with Gasteiger partial charge in [-0.1, -0.05) is 45.0 Å². The van der Waals surface area contributed by atoms with Gasteiger partial charge in [0.2, 0.25) is 5.78 Å². The number of ketones is 1. The third-order valence-corrected chi connectivity index (χ3v) is 4.43. The number of ether oxygens (including phenoxy) is 1. The van der Waals surface area contributed by atoms with Crippen molar-refractivity contribution in [2.24, 2.45) is 0 Å². The zero-order valence-corrected chi connectivity index (χ0v) is 15.8. The number of rotatable bonds is 4. The summed E-state index contributed by atoms with van der Waals surface area (Å²) in [5.41, 5.74) is 4.35. The molecule has 0 bridgehead atoms. The van der Waals surface area contributed by atoms with E-state index in [1.807, 2.05) is 38.1 Å². The standard InChI is InChI=1S/C22H26O3/c1-14-7-8-18(13-15(14)2)20(23)16(3)25-21(24)17-9-11-19(12-10-17)22(4,5)6/h7-13,16H,1-6H3/t16-/m1/s1. The van der Waals surface area contributed by atoms with E-state index in [0.29, 0.717) is 11.1 Å². The molecule has 25 heavy (non-hydrogen) atoms. The number of hydrogen-bond acceptors (Lipinski definition) is 3. The van der Waals surface area contributed by atoms with Gasteiger partial charge < -0.3 is 4.74 Å². The van der Waals surface area contributed by atoms with Crippen LogP contribution >= 0.6 is 0 Å². The van der Waals surface area contributed by atoms with Crippen LogP contribution in [0, 0.1) is 13.8 Å². The molecule has 1 atom stereocenters. The predicted molar refractivity (Wildman–Crippen MR) is 100 cm³/mol. The lowest BCUT2D eigenvalue weighted by molar-refractivity contribution is 0.0319. The van der Waals surface area contributed by atoms with E-state index < -0.39 is 12.1 Å². The van der Waals surface area contributed by atoms with E-state index in [1.165, 1.54) is 0 Å². The van der Waals surface area contributed by atoms with Crippen molar-refractivity contribution in [1.82, 2.24) is 0 Å². The second-order valence-corrected chi connectivity index (χ2v) is 7.54. The lowest BCUT2D eigenvalue weighted by Gasteiger charge is -2.19. The quantitative estimate of drug-likeness (QED) is 0.580. The van der Waals surface area contributed by atoms with E-state index in [9.17, 15) is 9.59 Å². The molecule has 0 unspecified atom stereocenters. The van der Waals surface area contributed by atoms with Crippen molar-refractivity contribution in [3.8, 4) is 0 Å². The van der Waals surface area contributed by atoms with E-state index >= 15 is 0 Å². The van der Waals surface area contributed by atoms with Crippen LogP contribution in [0.1, 0.15) is 65.1 Å². The first-order valence-electron chi connectivity index (χ1n) is 8.52. The van der Waals surface area contributed by atoms with E-state index in [1.54, 1.807) is 25.1 Å². The van der Waals surface area contributed by atoms with Gasteiger partial charge in [-0.25, -0.2) is 4.79 Å². The van der Waals surface area contributed by atoms with Crippen LogP contribution < -0.4 is 0 Å². The Labute approximate surface area is 150 Å². The molecule has 0 aliphatic heterocycles. The maximum atomic E-state index is 12.5. The highest BCUT2D eigenvalue weighted by Gasteiger charge is 2.21. The molecule has 0 saturated carbocycles. The largest absolute Gasteiger partial charge is 0.451 e. The molecule has 0 spiro atoms. The minimum Gasteiger partial charge on any atom is -0.451 e. The van der Waals surface area contributed by atoms with Crippen molar-refractivity contribution in [2.45, 2.75) is 53.1 Å². The molecule has 132 valence electrons. The maximum absolute atomic E-state index is 12.5. The van der Waals surface area contributed by atoms with Crippen LogP contribution in [0.5, 0.6) is 0 Å². The lowest BCUT2D eigenvalue weighted by Crippen LogP contribution is -2.24. The van der Waals surface area contributed by atoms with Crippen LogP contribution in [0.4, 0.5) is 0 Å². The zero-order valence-electron chi connectivity index (χ0n) is 15.8. The summed E-state index contributed by atoms with van der Waals surface area (Å²) in [5.74, 6) is -0.673. The molecule has 0 aromatic heterocycles. The molecule has 0 radical (unpaired) electrons. The second-order valence-electron chi connectivity index (χ2n) is 7.54. The number of carbonyl (C=O) groups is 2. The van der Waals surface area contributed by atoms with Crippen molar-refractivity contribution in [1.29, 1.82) is 0 Å². The first kappa shape index (κ1) is 18.9. The van der Waals surface area contributed by atoms with Crippen LogP contribution in [0.15, 0.2) is 42.5 Å². The zero-order chi connectivity index (χ0) is 18.8. The van der Waals surface area contributed by atoms with Gasteiger partial charge in [-0.2, -0.15) is 0 Å². The molecule has 0 saturated heterocycles. The van der Waals surface area contributed by atoms with Crippen molar-refractivity contribution >= 4 is 11.8 Å². The van der Waals surface area contributed by atoms with Crippen LogP contribution in [-0.4, -0.2) is 17.9 Å². The molecule has 0 aliphatic rings. The molecule has 0 heterocycles. The summed E-state index contributed by atoms with van der Waals surface area (Å²) in [4.78, 5) is 24.8. The Morgan fingerprint density at radius 2 is 1.44 bits per heavy atom. The predicted octanol–water partition coefficient (Wildman–Crippen LogP) is 5.03. The average Bonchev–Trinajstić information content (AvgIpc) is 2.56. The molecule has 0 amide bonds. The molecule has 0 N–H and O–H groups in total. The smallest absolute Gasteiger partial charge is 0.338 e. The van der Waals surface area contributed by atoms with Gasteiger partial charge in [-0.15, -0.1) is 0 Å². The molecule has 0 fully saturated rings. The Morgan fingerprint density at radius 3 is 1.96 bits per heavy atom. The molecule has 2 aromatic rings. The Morgan fingerprint density at radius 1 is 0.880 bits per heavy atom. The highest BCUT2D eigenvalue weighted by Crippen LogP contribution is 2.22. The SMILES string of the molecule is Cc1ccc(C(=O)[C@@H](C)OC(=O)c2ccc(C(C)(C)C)cc2)cc1C. The fraction of sp³-hybridized carbons (Fsp3) is 0.364. The summed E-state index contributed by atoms with van der Waals surface area (Å²) < 4.78 is 5.36. The van der Waals surface area contributed by atoms with Crippen molar-refractivity contribution in [2.75, 3.05) is 0 Å². The summed E-state index contributed by atoms with van der Waals surface area (Å²) in [6.45, 7) is 11.9. The van der Waals surface area contributed by atoms with Gasteiger partial charge in [-0.3, -0.25) is 4.79 Å². The highest BCUT2D eigenvalue weighted by molar-refractivity contribution is 6.01. The van der Waals surface area contributed by atoms with E-state index in [-0.39, 0.29) is 11.2 Å². The number of carbonyl (C=O) groups excluding carboxylic acids is 2. The van der Waals surface area contributed by atoms with E-state index in [4.69, 9.17) is 4.74 Å². The first-order valence-corrected chi connectivity index (χ1v) is 8.52. The highest BCUT2D eigenvalue weighted by atomic mass is 16.5. The van der Waals surface area contributed by atoms with Crippen LogP contribution in [0.2, 0.25) is 0 Å². The normalized spacial score (nSPS) is 12.6. The number of hydrogen-bond donors (Lipinski definition) is 0. The Kier molecular flexibility index (Phi) is 5.46. The fourth-order valence-corrected chi connectivity index (χ4v) is 2.52. The van der Waals surface area contributed by atoms with Gasteiger partial charge in [0.05, 0.1) is 5.56 Å². The van der Waals surface area contributed by atoms with Gasteiger partial charge in [0.1, 0.15) is 0 Å². The number of benzene rings is 2. The van der Waals surface area contributed by atoms with Gasteiger partial charge in [-0.05, 0) is 61.1 Å². The van der Waals surface area contributed by atoms with Crippen molar-refractivity contribution in [3.05, 3.63) is 70.3 Å². The second kappa shape index (κ2) is 7.22. The minimum atomic E-state index is -0.822. The monoisotopic (exact) mass is 338 g/mol. The van der Waals surface area contributed by atoms with Crippen LogP contribution in [0.3, 0.4) is 0 Å². The fourth-order valence-electron chi connectivity index (χ4n) is 2.52. The van der Waals surface area contributed by atoms with E-state index in [2.05, 4.69) is 20.8 Å². The van der Waals surface area contributed by atoms with Crippen molar-refractivity contribution < 1.29 is 14.3 Å². The summed E-state index contributed by atoms with van der Waals surface area (Å²) >= 11 is 0. The third-order valence-electron chi connectivity index (χ3n) is 4.43. The number of Topliss-reactive ketones (excluding diaryl/α,β-unsaturated/α-hetero) is 1. The molecule has 3 nitrogen and oxygen atoms in total. The maximum Gasteiger partial charge on any atom is 0.338 e. The van der Waals surface area contributed by atoms with Crippen LogP contribution in [-0.2, 0) is 10.2 Å². The molecule has 2 rings (SSSR count). The molecule has 2 aromatic carbocycles. The van der Waals surface area contributed by atoms with Gasteiger partial charge in [0, 0.05) is 5.56 Å². The topological polar surface area (TPSA) is 43.4 Å². The minimum absolute atomic E-state index is 0.0228. The van der Waals surface area contributed by atoms with Crippen LogP contribution in [0.25, 0.3) is 0 Å². The summed E-state index contributed by atoms with van der Waals surface area (Å²) in [5, 5.41) is 0. The Bertz CT molecular complexity index is 780. The Balaban J connectivity index is 2.08. The molecular formula is C22H26O3. The van der Waals surface area contributed by atoms with Crippen molar-refractivity contribution in [3.63, 3.8) is 0 Å². The van der Waals surface area contributed by atoms with E-state index in [0.717, 1.165) is 16.7 Å². The number of esters is 1. The third kappa shape index (κ3) is 4.56.